The number of amides is 1. The molecule has 2 aromatic rings. The number of nitrogens with zero attached hydrogens (tertiary/aromatic N) is 3. The van der Waals surface area contributed by atoms with Crippen molar-refractivity contribution in [3.8, 4) is 5.88 Å². The van der Waals surface area contributed by atoms with Crippen LogP contribution in [0.2, 0.25) is 0 Å². The van der Waals surface area contributed by atoms with Crippen LogP contribution >= 0.6 is 11.7 Å². The fraction of sp³-hybridized carbons (Fsp3) is 0.438. The number of carbonyl (C=O) groups excluding carboxylic acids is 1. The summed E-state index contributed by atoms with van der Waals surface area (Å²) in [4.78, 5) is 14.2. The molecular formula is C16H20N4O3S. The Kier molecular flexibility index (Phi) is 5.60. The van der Waals surface area contributed by atoms with E-state index in [9.17, 15) is 4.79 Å². The maximum absolute atomic E-state index is 12.1. The molecule has 0 radical (unpaired) electrons. The molecular weight excluding hydrogens is 328 g/mol. The van der Waals surface area contributed by atoms with Gasteiger partial charge in [-0.25, -0.2) is 0 Å². The van der Waals surface area contributed by atoms with E-state index < -0.39 is 0 Å². The van der Waals surface area contributed by atoms with Gasteiger partial charge < -0.3 is 19.7 Å². The first-order valence-corrected chi connectivity index (χ1v) is 8.59. The van der Waals surface area contributed by atoms with Gasteiger partial charge in [-0.2, -0.15) is 4.37 Å². The van der Waals surface area contributed by atoms with Crippen molar-refractivity contribution in [3.63, 3.8) is 0 Å². The summed E-state index contributed by atoms with van der Waals surface area (Å²) in [6.07, 6.45) is 0. The number of hydrogen-bond acceptors (Lipinski definition) is 7. The number of nitrogens with one attached hydrogen (secondary N) is 1. The highest BCUT2D eigenvalue weighted by Gasteiger charge is 2.20. The Labute approximate surface area is 144 Å². The molecule has 0 aliphatic carbocycles. The van der Waals surface area contributed by atoms with Crippen molar-refractivity contribution in [2.75, 3.05) is 37.8 Å². The van der Waals surface area contributed by atoms with Crippen molar-refractivity contribution in [1.82, 2.24) is 14.1 Å². The molecule has 0 saturated carbocycles. The molecule has 1 fully saturated rings. The van der Waals surface area contributed by atoms with Crippen LogP contribution in [-0.2, 0) is 9.53 Å². The highest BCUT2D eigenvalue weighted by atomic mass is 32.1. The molecule has 1 N–H and O–H groups in total. The predicted molar refractivity (Wildman–Crippen MR) is 91.4 cm³/mol. The van der Waals surface area contributed by atoms with Gasteiger partial charge in [0.05, 0.1) is 31.0 Å². The lowest BCUT2D eigenvalue weighted by Gasteiger charge is -2.26. The monoisotopic (exact) mass is 348 g/mol. The summed E-state index contributed by atoms with van der Waals surface area (Å²) in [5.41, 5.74) is 1.05. The Balaban J connectivity index is 1.52. The minimum atomic E-state index is -0.188. The Bertz CT molecular complexity index is 658. The van der Waals surface area contributed by atoms with Crippen molar-refractivity contribution in [3.05, 3.63) is 35.9 Å². The first kappa shape index (κ1) is 16.7. The molecule has 128 valence electrons. The SMILES string of the molecule is C[C@@H](NC(=O)COc1nsnc1N1CCOCC1)c1ccccc1. The number of benzene rings is 1. The molecule has 1 aromatic carbocycles. The number of morpholine rings is 1. The molecule has 2 heterocycles. The largest absolute Gasteiger partial charge is 0.464 e. The van der Waals surface area contributed by atoms with E-state index in [1.165, 1.54) is 0 Å². The van der Waals surface area contributed by atoms with Crippen molar-refractivity contribution in [1.29, 1.82) is 0 Å². The van der Waals surface area contributed by atoms with Crippen LogP contribution in [0.5, 0.6) is 5.88 Å². The molecule has 0 bridgehead atoms. The molecule has 1 atom stereocenters. The molecule has 24 heavy (non-hydrogen) atoms. The molecule has 0 spiro atoms. The molecule has 8 heteroatoms. The highest BCUT2D eigenvalue weighted by molar-refractivity contribution is 6.99. The van der Waals surface area contributed by atoms with E-state index in [0.717, 1.165) is 30.4 Å². The van der Waals surface area contributed by atoms with Gasteiger partial charge in [0.2, 0.25) is 5.82 Å². The van der Waals surface area contributed by atoms with Crippen LogP contribution < -0.4 is 15.0 Å². The second kappa shape index (κ2) is 8.07. The van der Waals surface area contributed by atoms with E-state index in [4.69, 9.17) is 9.47 Å². The molecule has 1 aromatic heterocycles. The Hall–Kier alpha value is -2.19. The summed E-state index contributed by atoms with van der Waals surface area (Å²) in [5, 5.41) is 2.92. The molecule has 1 saturated heterocycles. The first-order valence-electron chi connectivity index (χ1n) is 7.86. The molecule has 0 unspecified atom stereocenters. The quantitative estimate of drug-likeness (QED) is 0.855. The normalized spacial score (nSPS) is 15.8. The Morgan fingerprint density at radius 2 is 2.08 bits per heavy atom. The van der Waals surface area contributed by atoms with E-state index in [2.05, 4.69) is 19.0 Å². The summed E-state index contributed by atoms with van der Waals surface area (Å²) in [6, 6.07) is 9.73. The van der Waals surface area contributed by atoms with E-state index in [1.54, 1.807) is 0 Å². The maximum Gasteiger partial charge on any atom is 0.271 e. The van der Waals surface area contributed by atoms with Crippen LogP contribution in [0.4, 0.5) is 5.82 Å². The second-order valence-electron chi connectivity index (χ2n) is 5.48. The van der Waals surface area contributed by atoms with E-state index in [0.29, 0.717) is 24.9 Å². The number of anilines is 1. The minimum Gasteiger partial charge on any atom is -0.464 e. The van der Waals surface area contributed by atoms with Gasteiger partial charge in [0.25, 0.3) is 11.8 Å². The van der Waals surface area contributed by atoms with Crippen LogP contribution in [-0.4, -0.2) is 47.6 Å². The summed E-state index contributed by atoms with van der Waals surface area (Å²) >= 11 is 1.08. The maximum atomic E-state index is 12.1. The Morgan fingerprint density at radius 1 is 1.33 bits per heavy atom. The average Bonchev–Trinajstić information content (AvgIpc) is 3.10. The van der Waals surface area contributed by atoms with Gasteiger partial charge >= 0.3 is 0 Å². The lowest BCUT2D eigenvalue weighted by molar-refractivity contribution is -0.123. The molecule has 1 aliphatic heterocycles. The van der Waals surface area contributed by atoms with Gasteiger partial charge in [0.15, 0.2) is 6.61 Å². The van der Waals surface area contributed by atoms with Crippen LogP contribution in [0, 0.1) is 0 Å². The molecule has 7 nitrogen and oxygen atoms in total. The van der Waals surface area contributed by atoms with Crippen LogP contribution in [0.15, 0.2) is 30.3 Å². The van der Waals surface area contributed by atoms with Gasteiger partial charge in [-0.15, -0.1) is 4.37 Å². The summed E-state index contributed by atoms with van der Waals surface area (Å²) in [5.74, 6) is 0.906. The van der Waals surface area contributed by atoms with Crippen molar-refractivity contribution in [2.45, 2.75) is 13.0 Å². The zero-order valence-electron chi connectivity index (χ0n) is 13.5. The lowest BCUT2D eigenvalue weighted by atomic mass is 10.1. The third-order valence-corrected chi connectivity index (χ3v) is 4.27. The number of hydrogen-bond donors (Lipinski definition) is 1. The van der Waals surface area contributed by atoms with Gasteiger partial charge in [-0.3, -0.25) is 4.79 Å². The number of rotatable bonds is 6. The van der Waals surface area contributed by atoms with Crippen molar-refractivity contribution >= 4 is 23.5 Å². The molecule has 3 rings (SSSR count). The molecule has 1 aliphatic rings. The average molecular weight is 348 g/mol. The van der Waals surface area contributed by atoms with Gasteiger partial charge in [-0.1, -0.05) is 30.3 Å². The standard InChI is InChI=1S/C16H20N4O3S/c1-12(13-5-3-2-4-6-13)17-14(21)11-23-16-15(18-24-19-16)20-7-9-22-10-8-20/h2-6,12H,7-11H2,1H3,(H,17,21)/t12-/m1/s1. The van der Waals surface area contributed by atoms with Gasteiger partial charge in [-0.05, 0) is 12.5 Å². The summed E-state index contributed by atoms with van der Waals surface area (Å²) < 4.78 is 19.3. The summed E-state index contributed by atoms with van der Waals surface area (Å²) in [6.45, 7) is 4.67. The van der Waals surface area contributed by atoms with Crippen molar-refractivity contribution < 1.29 is 14.3 Å². The van der Waals surface area contributed by atoms with Gasteiger partial charge in [0, 0.05) is 13.1 Å². The smallest absolute Gasteiger partial charge is 0.271 e. The first-order chi connectivity index (χ1) is 11.7. The minimum absolute atomic E-state index is 0.0745. The number of carbonyl (C=O) groups is 1. The highest BCUT2D eigenvalue weighted by Crippen LogP contribution is 2.26. The van der Waals surface area contributed by atoms with E-state index in [1.807, 2.05) is 37.3 Å². The number of aromatic nitrogens is 2. The lowest BCUT2D eigenvalue weighted by Crippen LogP contribution is -2.37. The molecule has 1 amide bonds. The van der Waals surface area contributed by atoms with E-state index in [-0.39, 0.29) is 18.6 Å². The third-order valence-electron chi connectivity index (χ3n) is 3.77. The summed E-state index contributed by atoms with van der Waals surface area (Å²) in [7, 11) is 0. The second-order valence-corrected chi connectivity index (χ2v) is 6.01. The van der Waals surface area contributed by atoms with Crippen LogP contribution in [0.3, 0.4) is 0 Å². The number of ether oxygens (including phenoxy) is 2. The van der Waals surface area contributed by atoms with Crippen LogP contribution in [0.25, 0.3) is 0 Å². The predicted octanol–water partition coefficient (Wildman–Crippen LogP) is 1.63. The topological polar surface area (TPSA) is 76.6 Å². The van der Waals surface area contributed by atoms with E-state index >= 15 is 0 Å². The zero-order chi connectivity index (χ0) is 16.8. The fourth-order valence-corrected chi connectivity index (χ4v) is 3.00. The third kappa shape index (κ3) is 4.21. The zero-order valence-corrected chi connectivity index (χ0v) is 14.3. The Morgan fingerprint density at radius 3 is 2.83 bits per heavy atom. The van der Waals surface area contributed by atoms with Crippen molar-refractivity contribution in [2.24, 2.45) is 0 Å². The van der Waals surface area contributed by atoms with Crippen LogP contribution in [0.1, 0.15) is 18.5 Å². The fourth-order valence-electron chi connectivity index (χ4n) is 2.48. The van der Waals surface area contributed by atoms with Gasteiger partial charge in [0.1, 0.15) is 0 Å².